The van der Waals surface area contributed by atoms with Crippen molar-refractivity contribution in [2.45, 2.75) is 24.8 Å². The van der Waals surface area contributed by atoms with Crippen LogP contribution < -0.4 is 0 Å². The molecule has 1 aromatic heterocycles. The first-order valence-electron chi connectivity index (χ1n) is 7.16. The number of aliphatic hydroxyl groups is 2. The third-order valence-electron chi connectivity index (χ3n) is 4.20. The maximum absolute atomic E-state index is 10.1. The monoisotopic (exact) mass is 282 g/mol. The fraction of sp³-hybridized carbons (Fsp3) is 0.714. The van der Waals surface area contributed by atoms with Gasteiger partial charge in [0.15, 0.2) is 0 Å². The molecule has 1 aromatic rings. The highest BCUT2D eigenvalue weighted by Gasteiger charge is 2.36. The van der Waals surface area contributed by atoms with Gasteiger partial charge in [-0.05, 0) is 12.1 Å². The molecule has 0 radical (unpaired) electrons. The van der Waals surface area contributed by atoms with Crippen LogP contribution in [0, 0.1) is 0 Å². The molecule has 0 bridgehead atoms. The van der Waals surface area contributed by atoms with Crippen molar-refractivity contribution in [3.05, 3.63) is 24.2 Å². The van der Waals surface area contributed by atoms with Crippen LogP contribution in [-0.2, 0) is 11.3 Å². The van der Waals surface area contributed by atoms with Crippen LogP contribution in [0.2, 0.25) is 0 Å². The SMILES string of the molecule is O[C@@H]1[C@H](O)COC[C@H]1N1CCN(Cc2ccco2)CC1. The fourth-order valence-corrected chi connectivity index (χ4v) is 2.96. The van der Waals surface area contributed by atoms with E-state index in [9.17, 15) is 10.2 Å². The van der Waals surface area contributed by atoms with Crippen molar-refractivity contribution >= 4 is 0 Å². The third kappa shape index (κ3) is 3.05. The summed E-state index contributed by atoms with van der Waals surface area (Å²) >= 11 is 0. The van der Waals surface area contributed by atoms with Gasteiger partial charge >= 0.3 is 0 Å². The van der Waals surface area contributed by atoms with Crippen molar-refractivity contribution in [1.82, 2.24) is 9.80 Å². The molecule has 0 aliphatic carbocycles. The standard InChI is InChI=1S/C14H22N2O4/c17-13-10-19-9-12(14(13)18)16-5-3-15(4-6-16)8-11-2-1-7-20-11/h1-2,7,12-14,17-18H,3-6,8-10H2/t12-,13-,14+/m1/s1. The van der Waals surface area contributed by atoms with Gasteiger partial charge in [0.2, 0.25) is 0 Å². The van der Waals surface area contributed by atoms with E-state index in [2.05, 4.69) is 9.80 Å². The first-order chi connectivity index (χ1) is 9.74. The van der Waals surface area contributed by atoms with E-state index < -0.39 is 12.2 Å². The number of furan rings is 1. The van der Waals surface area contributed by atoms with Crippen molar-refractivity contribution in [2.24, 2.45) is 0 Å². The lowest BCUT2D eigenvalue weighted by Crippen LogP contribution is -2.60. The van der Waals surface area contributed by atoms with Crippen LogP contribution in [-0.4, -0.2) is 77.7 Å². The van der Waals surface area contributed by atoms with Gasteiger partial charge in [-0.2, -0.15) is 0 Å². The van der Waals surface area contributed by atoms with Gasteiger partial charge in [-0.1, -0.05) is 0 Å². The van der Waals surface area contributed by atoms with E-state index in [-0.39, 0.29) is 12.6 Å². The molecule has 2 aliphatic heterocycles. The van der Waals surface area contributed by atoms with Crippen molar-refractivity contribution in [3.63, 3.8) is 0 Å². The Morgan fingerprint density at radius 2 is 1.95 bits per heavy atom. The van der Waals surface area contributed by atoms with Gasteiger partial charge in [0.1, 0.15) is 11.9 Å². The fourth-order valence-electron chi connectivity index (χ4n) is 2.96. The van der Waals surface area contributed by atoms with E-state index in [0.717, 1.165) is 38.5 Å². The molecule has 6 heteroatoms. The normalized spacial score (nSPS) is 33.4. The molecule has 0 spiro atoms. The third-order valence-corrected chi connectivity index (χ3v) is 4.20. The molecule has 2 N–H and O–H groups in total. The maximum atomic E-state index is 10.1. The van der Waals surface area contributed by atoms with E-state index >= 15 is 0 Å². The minimum Gasteiger partial charge on any atom is -0.468 e. The second-order valence-electron chi connectivity index (χ2n) is 5.55. The Morgan fingerprint density at radius 3 is 2.65 bits per heavy atom. The number of hydrogen-bond donors (Lipinski definition) is 2. The minimum absolute atomic E-state index is 0.0930. The van der Waals surface area contributed by atoms with Gasteiger partial charge in [0.25, 0.3) is 0 Å². The molecule has 0 saturated carbocycles. The predicted molar refractivity (Wildman–Crippen MR) is 72.2 cm³/mol. The molecule has 0 amide bonds. The molecular formula is C14H22N2O4. The molecule has 20 heavy (non-hydrogen) atoms. The van der Waals surface area contributed by atoms with Crippen molar-refractivity contribution in [3.8, 4) is 0 Å². The zero-order valence-electron chi connectivity index (χ0n) is 11.5. The Hall–Kier alpha value is -0.920. The summed E-state index contributed by atoms with van der Waals surface area (Å²) < 4.78 is 10.7. The van der Waals surface area contributed by atoms with Crippen LogP contribution in [0.4, 0.5) is 0 Å². The minimum atomic E-state index is -0.769. The van der Waals surface area contributed by atoms with Crippen LogP contribution in [0.3, 0.4) is 0 Å². The maximum Gasteiger partial charge on any atom is 0.117 e. The summed E-state index contributed by atoms with van der Waals surface area (Å²) in [5.41, 5.74) is 0. The van der Waals surface area contributed by atoms with Gasteiger partial charge in [-0.3, -0.25) is 9.80 Å². The predicted octanol–water partition coefficient (Wildman–Crippen LogP) is -0.482. The van der Waals surface area contributed by atoms with Crippen molar-refractivity contribution < 1.29 is 19.4 Å². The number of aliphatic hydroxyl groups excluding tert-OH is 2. The zero-order chi connectivity index (χ0) is 13.9. The average molecular weight is 282 g/mol. The lowest BCUT2D eigenvalue weighted by Gasteiger charge is -2.43. The van der Waals surface area contributed by atoms with Gasteiger partial charge in [-0.15, -0.1) is 0 Å². The zero-order valence-corrected chi connectivity index (χ0v) is 11.5. The Bertz CT molecular complexity index is 403. The summed E-state index contributed by atoms with van der Waals surface area (Å²) in [5, 5.41) is 19.7. The van der Waals surface area contributed by atoms with Crippen LogP contribution in [0.5, 0.6) is 0 Å². The first kappa shape index (κ1) is 14.0. The Balaban J connectivity index is 1.50. The Kier molecular flexibility index (Phi) is 4.38. The average Bonchev–Trinajstić information content (AvgIpc) is 2.96. The summed E-state index contributed by atoms with van der Waals surface area (Å²) in [6.45, 7) is 5.16. The number of piperazine rings is 1. The number of rotatable bonds is 3. The molecule has 2 saturated heterocycles. The summed E-state index contributed by atoms with van der Waals surface area (Å²) in [7, 11) is 0. The quantitative estimate of drug-likeness (QED) is 0.780. The van der Waals surface area contributed by atoms with Gasteiger partial charge in [0.05, 0.1) is 38.2 Å². The molecule has 3 atom stereocenters. The highest BCUT2D eigenvalue weighted by molar-refractivity contribution is 4.98. The van der Waals surface area contributed by atoms with Gasteiger partial charge < -0.3 is 19.4 Å². The van der Waals surface area contributed by atoms with Gasteiger partial charge in [0, 0.05) is 26.2 Å². The lowest BCUT2D eigenvalue weighted by molar-refractivity contribution is -0.137. The Morgan fingerprint density at radius 1 is 1.15 bits per heavy atom. The van der Waals surface area contributed by atoms with Crippen LogP contribution in [0.25, 0.3) is 0 Å². The van der Waals surface area contributed by atoms with E-state index in [1.807, 2.05) is 12.1 Å². The molecule has 2 aliphatic rings. The summed E-state index contributed by atoms with van der Waals surface area (Å²) in [4.78, 5) is 4.55. The van der Waals surface area contributed by atoms with Crippen LogP contribution in [0.15, 0.2) is 22.8 Å². The topological polar surface area (TPSA) is 69.3 Å². The second kappa shape index (κ2) is 6.24. The van der Waals surface area contributed by atoms with Crippen molar-refractivity contribution in [2.75, 3.05) is 39.4 Å². The molecule has 0 unspecified atom stereocenters. The molecule has 112 valence electrons. The van der Waals surface area contributed by atoms with Crippen LogP contribution in [0.1, 0.15) is 5.76 Å². The number of nitrogens with zero attached hydrogens (tertiary/aromatic N) is 2. The smallest absolute Gasteiger partial charge is 0.117 e. The van der Waals surface area contributed by atoms with E-state index in [1.165, 1.54) is 0 Å². The largest absolute Gasteiger partial charge is 0.468 e. The highest BCUT2D eigenvalue weighted by Crippen LogP contribution is 2.18. The molecule has 6 nitrogen and oxygen atoms in total. The van der Waals surface area contributed by atoms with E-state index in [4.69, 9.17) is 9.15 Å². The summed E-state index contributed by atoms with van der Waals surface area (Å²) in [6, 6.07) is 3.80. The second-order valence-corrected chi connectivity index (χ2v) is 5.55. The molecule has 2 fully saturated rings. The van der Waals surface area contributed by atoms with E-state index in [1.54, 1.807) is 6.26 Å². The van der Waals surface area contributed by atoms with Crippen molar-refractivity contribution in [1.29, 1.82) is 0 Å². The summed E-state index contributed by atoms with van der Waals surface area (Å²) in [6.07, 6.45) is 0.221. The first-order valence-corrected chi connectivity index (χ1v) is 7.16. The van der Waals surface area contributed by atoms with Gasteiger partial charge in [-0.25, -0.2) is 0 Å². The summed E-state index contributed by atoms with van der Waals surface area (Å²) in [5.74, 6) is 0.981. The Labute approximate surface area is 118 Å². The lowest BCUT2D eigenvalue weighted by atomic mass is 10.0. The molecule has 0 aromatic carbocycles. The number of ether oxygens (including phenoxy) is 1. The van der Waals surface area contributed by atoms with Crippen LogP contribution >= 0.6 is 0 Å². The molecular weight excluding hydrogens is 260 g/mol. The molecule has 3 rings (SSSR count). The molecule has 3 heterocycles. The van der Waals surface area contributed by atoms with E-state index in [0.29, 0.717) is 6.61 Å². The number of hydrogen-bond acceptors (Lipinski definition) is 6. The highest BCUT2D eigenvalue weighted by atomic mass is 16.5.